The smallest absolute Gasteiger partial charge is 0.317 e. The highest BCUT2D eigenvalue weighted by Gasteiger charge is 2.39. The van der Waals surface area contributed by atoms with Crippen molar-refractivity contribution in [1.82, 2.24) is 9.80 Å². The number of ether oxygens (including phenoxy) is 2. The zero-order valence-electron chi connectivity index (χ0n) is 28.8. The van der Waals surface area contributed by atoms with Crippen LogP contribution in [0.3, 0.4) is 0 Å². The molecule has 53 heavy (non-hydrogen) atoms. The summed E-state index contributed by atoms with van der Waals surface area (Å²) in [6, 6.07) is 6.10. The zero-order valence-corrected chi connectivity index (χ0v) is 31.8. The van der Waals surface area contributed by atoms with Gasteiger partial charge in [-0.15, -0.1) is 0 Å². The minimum atomic E-state index is -0.688. The number of rotatable bonds is 13. The number of unbranched alkanes of at least 4 members (excludes halogenated alkanes) is 4. The second-order valence-corrected chi connectivity index (χ2v) is 14.7. The lowest BCUT2D eigenvalue weighted by Crippen LogP contribution is -2.41. The van der Waals surface area contributed by atoms with Gasteiger partial charge in [-0.3, -0.25) is 38.6 Å². The Hall–Kier alpha value is -4.22. The molecule has 0 N–H and O–H groups in total. The molecular formula is C39H32Cl4N2O8. The number of amides is 4. The standard InChI is InChI=1S/C39H32Cl4N2O8/c1-3-5-7-10-44-36(48)18-13-22(40)30-32-24(42)15-20-29-21(16-25(43)33(35(29)32)31-23(41)14-19(37(44)49)28(18)34(30)31)39(51)45(38(20)50)11-8-6-9-12-53-27(47)17-26(46)52-4-2/h13-16H,3-12,17H2,1-2H3. The number of hydrogen-bond acceptors (Lipinski definition) is 8. The normalized spacial score (nSPS) is 14.2. The van der Waals surface area contributed by atoms with Gasteiger partial charge in [0.15, 0.2) is 0 Å². The maximum absolute atomic E-state index is 14.0. The van der Waals surface area contributed by atoms with Crippen LogP contribution in [0.2, 0.25) is 20.1 Å². The van der Waals surface area contributed by atoms with Crippen LogP contribution in [-0.2, 0) is 19.1 Å². The molecule has 0 saturated carbocycles. The Balaban J connectivity index is 1.28. The number of hydrogen-bond donors (Lipinski definition) is 0. The fourth-order valence-corrected chi connectivity index (χ4v) is 8.79. The van der Waals surface area contributed by atoms with Gasteiger partial charge in [0.25, 0.3) is 23.6 Å². The molecule has 0 spiro atoms. The molecule has 4 amide bonds. The van der Waals surface area contributed by atoms with Crippen molar-refractivity contribution in [1.29, 1.82) is 0 Å². The number of halogens is 4. The van der Waals surface area contributed by atoms with Crippen LogP contribution in [0, 0.1) is 0 Å². The predicted molar refractivity (Wildman–Crippen MR) is 204 cm³/mol. The third-order valence-electron chi connectivity index (χ3n) is 9.89. The van der Waals surface area contributed by atoms with Crippen LogP contribution >= 0.6 is 46.4 Å². The lowest BCUT2D eigenvalue weighted by molar-refractivity contribution is -0.154. The first-order chi connectivity index (χ1) is 25.4. The molecule has 14 heteroatoms. The van der Waals surface area contributed by atoms with Crippen LogP contribution in [-0.4, -0.2) is 71.7 Å². The molecule has 7 rings (SSSR count). The molecule has 2 heterocycles. The predicted octanol–water partition coefficient (Wildman–Crippen LogP) is 9.40. The van der Waals surface area contributed by atoms with Crippen LogP contribution in [0.4, 0.5) is 0 Å². The number of nitrogens with zero attached hydrogens (tertiary/aromatic N) is 2. The fraction of sp³-hybridized carbons (Fsp3) is 0.333. The highest BCUT2D eigenvalue weighted by atomic mass is 35.5. The highest BCUT2D eigenvalue weighted by Crippen LogP contribution is 2.53. The second-order valence-electron chi connectivity index (χ2n) is 13.1. The third kappa shape index (κ3) is 6.04. The molecule has 5 aromatic rings. The molecule has 10 nitrogen and oxygen atoms in total. The van der Waals surface area contributed by atoms with Gasteiger partial charge in [-0.1, -0.05) is 66.2 Å². The Kier molecular flexibility index (Phi) is 10.2. The van der Waals surface area contributed by atoms with Crippen LogP contribution in [0.15, 0.2) is 24.3 Å². The van der Waals surface area contributed by atoms with Crippen molar-refractivity contribution < 1.29 is 38.2 Å². The quantitative estimate of drug-likeness (QED) is 0.0288. The second kappa shape index (κ2) is 14.5. The lowest BCUT2D eigenvalue weighted by Gasteiger charge is -2.31. The molecule has 0 aromatic heterocycles. The Morgan fingerprint density at radius 3 is 1.26 bits per heavy atom. The van der Waals surface area contributed by atoms with Gasteiger partial charge in [0, 0.05) is 76.3 Å². The first kappa shape index (κ1) is 37.1. The summed E-state index contributed by atoms with van der Waals surface area (Å²) in [6.45, 7) is 4.25. The molecule has 0 unspecified atom stereocenters. The number of fused-ring (bicyclic) bond motifs is 2. The molecule has 0 atom stereocenters. The van der Waals surface area contributed by atoms with Crippen molar-refractivity contribution in [3.05, 3.63) is 66.6 Å². The maximum atomic E-state index is 14.0. The summed E-state index contributed by atoms with van der Waals surface area (Å²) in [7, 11) is 0. The van der Waals surface area contributed by atoms with Crippen molar-refractivity contribution in [2.45, 2.75) is 58.8 Å². The van der Waals surface area contributed by atoms with E-state index in [0.29, 0.717) is 68.8 Å². The largest absolute Gasteiger partial charge is 0.466 e. The van der Waals surface area contributed by atoms with Gasteiger partial charge in [0.2, 0.25) is 0 Å². The van der Waals surface area contributed by atoms with Gasteiger partial charge in [-0.2, -0.15) is 0 Å². The number of esters is 2. The summed E-state index contributed by atoms with van der Waals surface area (Å²) >= 11 is 28.2. The minimum absolute atomic E-state index is 0.0703. The first-order valence-corrected chi connectivity index (χ1v) is 18.9. The molecule has 0 saturated heterocycles. The van der Waals surface area contributed by atoms with Crippen molar-refractivity contribution in [3.63, 3.8) is 0 Å². The molecule has 0 radical (unpaired) electrons. The van der Waals surface area contributed by atoms with E-state index in [9.17, 15) is 28.8 Å². The van der Waals surface area contributed by atoms with Crippen molar-refractivity contribution >= 4 is 125 Å². The van der Waals surface area contributed by atoms with Gasteiger partial charge in [-0.05, 0) is 56.9 Å². The summed E-state index contributed by atoms with van der Waals surface area (Å²) < 4.78 is 9.83. The van der Waals surface area contributed by atoms with Gasteiger partial charge < -0.3 is 9.47 Å². The summed E-state index contributed by atoms with van der Waals surface area (Å²) in [5.74, 6) is -3.35. The molecule has 2 aliphatic heterocycles. The first-order valence-electron chi connectivity index (χ1n) is 17.4. The van der Waals surface area contributed by atoms with Gasteiger partial charge in [0.1, 0.15) is 6.42 Å². The molecule has 0 aliphatic carbocycles. The monoisotopic (exact) mass is 796 g/mol. The number of carbonyl (C=O) groups excluding carboxylic acids is 6. The van der Waals surface area contributed by atoms with Crippen LogP contribution in [0.5, 0.6) is 0 Å². The molecular weight excluding hydrogens is 766 g/mol. The maximum Gasteiger partial charge on any atom is 0.317 e. The van der Waals surface area contributed by atoms with Crippen LogP contribution in [0.1, 0.15) is 100 Å². The Morgan fingerprint density at radius 1 is 0.509 bits per heavy atom. The van der Waals surface area contributed by atoms with E-state index in [2.05, 4.69) is 0 Å². The van der Waals surface area contributed by atoms with Crippen molar-refractivity contribution in [2.75, 3.05) is 26.3 Å². The number of imide groups is 2. The van der Waals surface area contributed by atoms with E-state index in [1.165, 1.54) is 17.0 Å². The van der Waals surface area contributed by atoms with E-state index in [1.54, 1.807) is 19.1 Å². The number of carbonyl (C=O) groups is 6. The highest BCUT2D eigenvalue weighted by molar-refractivity contribution is 6.56. The van der Waals surface area contributed by atoms with Gasteiger partial charge in [0.05, 0.1) is 35.5 Å². The van der Waals surface area contributed by atoms with E-state index < -0.39 is 42.0 Å². The van der Waals surface area contributed by atoms with Crippen LogP contribution in [0.25, 0.3) is 43.1 Å². The lowest BCUT2D eigenvalue weighted by atomic mass is 9.82. The third-order valence-corrected chi connectivity index (χ3v) is 11.1. The van der Waals surface area contributed by atoms with Gasteiger partial charge in [-0.25, -0.2) is 0 Å². The molecule has 0 fully saturated rings. The van der Waals surface area contributed by atoms with E-state index in [1.807, 2.05) is 6.92 Å². The Morgan fingerprint density at radius 2 is 0.887 bits per heavy atom. The molecule has 0 bridgehead atoms. The average Bonchev–Trinajstić information content (AvgIpc) is 3.11. The number of benzene rings is 5. The summed E-state index contributed by atoms with van der Waals surface area (Å²) in [5.41, 5.74) is 0.914. The van der Waals surface area contributed by atoms with E-state index >= 15 is 0 Å². The van der Waals surface area contributed by atoms with E-state index in [4.69, 9.17) is 55.9 Å². The van der Waals surface area contributed by atoms with Crippen molar-refractivity contribution in [3.8, 4) is 0 Å². The Bertz CT molecular complexity index is 2310. The zero-order chi connectivity index (χ0) is 37.9. The molecule has 5 aromatic carbocycles. The average molecular weight is 799 g/mol. The summed E-state index contributed by atoms with van der Waals surface area (Å²) in [4.78, 5) is 81.4. The SMILES string of the molecule is CCCCCN1C(=O)c2cc(Cl)c3c4c(Cl)cc5c6c(cc(Cl)c(c7c(Cl)cc(c2c37)C1=O)c64)C(=O)N(CCCCCOC(=O)CC(=O)OCC)C5=O. The summed E-state index contributed by atoms with van der Waals surface area (Å²) in [5, 5.41) is 3.98. The van der Waals surface area contributed by atoms with Gasteiger partial charge >= 0.3 is 11.9 Å². The van der Waals surface area contributed by atoms with E-state index in [-0.39, 0.29) is 68.6 Å². The molecule has 274 valence electrons. The minimum Gasteiger partial charge on any atom is -0.466 e. The van der Waals surface area contributed by atoms with Crippen molar-refractivity contribution in [2.24, 2.45) is 0 Å². The molecule has 2 aliphatic rings. The van der Waals surface area contributed by atoms with Crippen LogP contribution < -0.4 is 0 Å². The topological polar surface area (TPSA) is 127 Å². The Labute approximate surface area is 323 Å². The van der Waals surface area contributed by atoms with E-state index in [0.717, 1.165) is 17.7 Å². The summed E-state index contributed by atoms with van der Waals surface area (Å²) in [6.07, 6.45) is 3.34. The fourth-order valence-electron chi connectivity index (χ4n) is 7.60.